The third kappa shape index (κ3) is 11.4. The van der Waals surface area contributed by atoms with E-state index in [9.17, 15) is 0 Å². The number of fused-ring (bicyclic) bond motifs is 18. The van der Waals surface area contributed by atoms with E-state index < -0.39 is 10.8 Å². The predicted molar refractivity (Wildman–Crippen MR) is 486 cm³/mol. The topological polar surface area (TPSA) is 51.6 Å². The molecule has 2 aromatic heterocycles. The van der Waals surface area contributed by atoms with Crippen molar-refractivity contribution in [3.05, 3.63) is 469 Å². The zero-order chi connectivity index (χ0) is 77.8. The fourth-order valence-corrected chi connectivity index (χ4v) is 21.4. The second-order valence-electron chi connectivity index (χ2n) is 31.0. The van der Waals surface area contributed by atoms with Crippen LogP contribution >= 0.6 is 23.5 Å². The van der Waals surface area contributed by atoms with Gasteiger partial charge in [0.2, 0.25) is 0 Å². The SMILES string of the molecule is c1ccc(-c2cc(-c3ccccc3)nc(-c3ccc(-c4ccc(-c5ccc6c(c5)C5(c7cc(-c8ccccc8-c8cccc(-c9cc(-c%10ccccc%10)nc(-c%10cccc(-c%11cccc(-c%12ccc%13c(c%12)C%12(c%14ccccc%14S%13)c%13ccccc%13-c%13ccccc%13%12)c%11)c%10)n9)c8)ccc7S6)c6ccccc6-c6ccccc65)cc4)cc3)n2)cc1. The van der Waals surface area contributed by atoms with Crippen molar-refractivity contribution in [3.8, 4) is 157 Å². The Hall–Kier alpha value is -14.4. The molecule has 0 amide bonds. The zero-order valence-corrected chi connectivity index (χ0v) is 65.7. The summed E-state index contributed by atoms with van der Waals surface area (Å²) in [6, 6.07) is 156. The Morgan fingerprint density at radius 1 is 0.144 bits per heavy atom. The van der Waals surface area contributed by atoms with Crippen LogP contribution in [0.4, 0.5) is 0 Å². The Labute approximate surface area is 694 Å². The average molecular weight is 1540 g/mol. The molecule has 0 saturated carbocycles. The van der Waals surface area contributed by atoms with Gasteiger partial charge in [0.15, 0.2) is 11.6 Å². The van der Waals surface area contributed by atoms with Crippen LogP contribution in [0, 0.1) is 0 Å². The van der Waals surface area contributed by atoms with Gasteiger partial charge in [0.25, 0.3) is 0 Å². The number of nitrogens with zero attached hydrogens (tertiary/aromatic N) is 4. The highest BCUT2D eigenvalue weighted by atomic mass is 32.2. The highest BCUT2D eigenvalue weighted by molar-refractivity contribution is 7.99. The molecule has 0 N–H and O–H groups in total. The van der Waals surface area contributed by atoms with Gasteiger partial charge in [0, 0.05) is 53.0 Å². The van der Waals surface area contributed by atoms with Gasteiger partial charge >= 0.3 is 0 Å². The number of hydrogen-bond acceptors (Lipinski definition) is 6. The summed E-state index contributed by atoms with van der Waals surface area (Å²) in [4.78, 5) is 26.3. The maximum absolute atomic E-state index is 5.53. The van der Waals surface area contributed by atoms with E-state index in [4.69, 9.17) is 19.9 Å². The van der Waals surface area contributed by atoms with E-state index in [1.165, 1.54) is 97.5 Å². The largest absolute Gasteiger partial charge is 0.228 e. The lowest BCUT2D eigenvalue weighted by molar-refractivity contribution is 0.723. The van der Waals surface area contributed by atoms with Crippen LogP contribution in [0.3, 0.4) is 0 Å². The van der Waals surface area contributed by atoms with Gasteiger partial charge in [0.1, 0.15) is 0 Å². The summed E-state index contributed by atoms with van der Waals surface area (Å²) in [6.07, 6.45) is 0. The first-order valence-electron chi connectivity index (χ1n) is 40.3. The highest BCUT2D eigenvalue weighted by Gasteiger charge is 2.52. The molecule has 2 spiro atoms. The molecule has 0 radical (unpaired) electrons. The Morgan fingerprint density at radius 3 is 0.847 bits per heavy atom. The molecule has 4 heterocycles. The molecule has 19 aromatic rings. The molecule has 2 aliphatic heterocycles. The van der Waals surface area contributed by atoms with Crippen molar-refractivity contribution in [2.24, 2.45) is 0 Å². The first-order valence-corrected chi connectivity index (χ1v) is 41.9. The van der Waals surface area contributed by atoms with Crippen molar-refractivity contribution in [2.45, 2.75) is 30.4 Å². The first-order chi connectivity index (χ1) is 58.4. The molecule has 23 rings (SSSR count). The number of hydrogen-bond donors (Lipinski definition) is 0. The quantitative estimate of drug-likeness (QED) is 0.121. The van der Waals surface area contributed by atoms with Crippen molar-refractivity contribution in [1.82, 2.24) is 19.9 Å². The lowest BCUT2D eigenvalue weighted by atomic mass is 9.66. The fraction of sp³-hybridized carbons (Fsp3) is 0.0179. The van der Waals surface area contributed by atoms with Gasteiger partial charge in [-0.25, -0.2) is 19.9 Å². The Balaban J connectivity index is 0.575. The number of aromatic nitrogens is 4. The highest BCUT2D eigenvalue weighted by Crippen LogP contribution is 2.65. The normalized spacial score (nSPS) is 13.2. The maximum Gasteiger partial charge on any atom is 0.160 e. The Kier molecular flexibility index (Phi) is 16.6. The van der Waals surface area contributed by atoms with Gasteiger partial charge < -0.3 is 0 Å². The summed E-state index contributed by atoms with van der Waals surface area (Å²) < 4.78 is 0. The molecule has 550 valence electrons. The van der Waals surface area contributed by atoms with Crippen molar-refractivity contribution in [3.63, 3.8) is 0 Å². The summed E-state index contributed by atoms with van der Waals surface area (Å²) in [7, 11) is 0. The van der Waals surface area contributed by atoms with Crippen LogP contribution in [0.1, 0.15) is 44.5 Å². The third-order valence-corrected chi connectivity index (χ3v) is 26.8. The molecule has 118 heavy (non-hydrogen) atoms. The fourth-order valence-electron chi connectivity index (χ4n) is 19.1. The van der Waals surface area contributed by atoms with Crippen LogP contribution in [0.25, 0.3) is 157 Å². The summed E-state index contributed by atoms with van der Waals surface area (Å²) >= 11 is 3.76. The van der Waals surface area contributed by atoms with E-state index in [0.717, 1.165) is 112 Å². The molecular weight excluding hydrogens is 1470 g/mol. The van der Waals surface area contributed by atoms with Gasteiger partial charge in [-0.2, -0.15) is 0 Å². The van der Waals surface area contributed by atoms with Crippen LogP contribution < -0.4 is 0 Å². The van der Waals surface area contributed by atoms with Gasteiger partial charge in [-0.05, 0) is 206 Å². The monoisotopic (exact) mass is 1530 g/mol. The van der Waals surface area contributed by atoms with E-state index in [2.05, 4.69) is 413 Å². The lowest BCUT2D eigenvalue weighted by Crippen LogP contribution is -2.32. The number of benzene rings is 17. The molecule has 6 heteroatoms. The van der Waals surface area contributed by atoms with Crippen molar-refractivity contribution in [2.75, 3.05) is 0 Å². The predicted octanol–water partition coefficient (Wildman–Crippen LogP) is 28.9. The van der Waals surface area contributed by atoms with Crippen LogP contribution in [0.5, 0.6) is 0 Å². The molecule has 0 saturated heterocycles. The lowest BCUT2D eigenvalue weighted by Gasteiger charge is -2.40. The van der Waals surface area contributed by atoms with E-state index in [1.807, 2.05) is 35.7 Å². The molecule has 0 bridgehead atoms. The van der Waals surface area contributed by atoms with Crippen molar-refractivity contribution >= 4 is 23.5 Å². The Bertz CT molecular complexity index is 7090. The maximum atomic E-state index is 5.53. The summed E-state index contributed by atoms with van der Waals surface area (Å²) in [5, 5.41) is 0. The summed E-state index contributed by atoms with van der Waals surface area (Å²) in [6.45, 7) is 0. The van der Waals surface area contributed by atoms with Crippen LogP contribution in [-0.2, 0) is 10.8 Å². The van der Waals surface area contributed by atoms with Crippen LogP contribution in [0.15, 0.2) is 444 Å². The third-order valence-electron chi connectivity index (χ3n) is 24.5. The Morgan fingerprint density at radius 2 is 0.398 bits per heavy atom. The molecule has 4 aliphatic rings. The van der Waals surface area contributed by atoms with Crippen molar-refractivity contribution < 1.29 is 0 Å². The minimum absolute atomic E-state index is 0.460. The van der Waals surface area contributed by atoms with E-state index in [0.29, 0.717) is 11.6 Å². The number of rotatable bonds is 12. The zero-order valence-electron chi connectivity index (χ0n) is 64.0. The molecule has 0 atom stereocenters. The minimum atomic E-state index is -0.625. The van der Waals surface area contributed by atoms with Crippen LogP contribution in [0.2, 0.25) is 0 Å². The van der Waals surface area contributed by atoms with E-state index in [1.54, 1.807) is 0 Å². The first kappa shape index (κ1) is 69.1. The second-order valence-corrected chi connectivity index (χ2v) is 33.1. The van der Waals surface area contributed by atoms with Gasteiger partial charge in [-0.15, -0.1) is 0 Å². The van der Waals surface area contributed by atoms with E-state index >= 15 is 0 Å². The molecule has 17 aromatic carbocycles. The summed E-state index contributed by atoms with van der Waals surface area (Å²) in [5.74, 6) is 1.35. The molecule has 4 nitrogen and oxygen atoms in total. The standard InChI is InChI=1S/C112H70N4S2/c1-4-25-74(26-5-1)101-69-102(75-27-6-2-7-28-75)114-109(113-101)77-55-53-72(54-56-77)71-49-51-73(52-50-71)81-57-60-107-99(66-81)112(95-45-18-14-41-91(95)92-42-15-19-46-96(92)112)100-68-84(59-62-108(100)118-107)88-38-11-10-37-87(88)83-34-24-35-85(65-83)104-70-103(76-29-8-3-9-30-76)115-110(116-104)86-36-23-33-80(64-86)78-31-22-32-79(63-78)82-58-61-106-98(67-82)111(97-47-20-21-48-105(97)117-106)93-43-16-12-39-89(93)90-40-13-17-44-94(90)111/h1-70H. The van der Waals surface area contributed by atoms with Gasteiger partial charge in [-0.3, -0.25) is 0 Å². The molecule has 0 unspecified atom stereocenters. The van der Waals surface area contributed by atoms with E-state index in [-0.39, 0.29) is 0 Å². The van der Waals surface area contributed by atoms with Crippen LogP contribution in [-0.4, -0.2) is 19.9 Å². The molecule has 0 fully saturated rings. The van der Waals surface area contributed by atoms with Crippen molar-refractivity contribution in [1.29, 1.82) is 0 Å². The molecular formula is C112H70N4S2. The minimum Gasteiger partial charge on any atom is -0.228 e. The summed E-state index contributed by atoms with van der Waals surface area (Å²) in [5.41, 5.74) is 37.7. The second kappa shape index (κ2) is 28.3. The molecule has 2 aliphatic carbocycles. The van der Waals surface area contributed by atoms with Gasteiger partial charge in [-0.1, -0.05) is 375 Å². The average Bonchev–Trinajstić information content (AvgIpc) is 1.50. The smallest absolute Gasteiger partial charge is 0.160 e. The van der Waals surface area contributed by atoms with Gasteiger partial charge in [0.05, 0.1) is 33.6 Å².